The first-order chi connectivity index (χ1) is 12.0. The van der Waals surface area contributed by atoms with Crippen molar-refractivity contribution in [2.75, 3.05) is 5.32 Å². The Labute approximate surface area is 156 Å². The van der Waals surface area contributed by atoms with Crippen LogP contribution >= 0.6 is 23.2 Å². The number of halogens is 2. The maximum atomic E-state index is 12.0. The molecule has 0 spiro atoms. The number of fused-ring (bicyclic) bond motifs is 1. The van der Waals surface area contributed by atoms with Crippen LogP contribution < -0.4 is 5.32 Å². The van der Waals surface area contributed by atoms with Gasteiger partial charge in [-0.05, 0) is 56.4 Å². The lowest BCUT2D eigenvalue weighted by Crippen LogP contribution is -2.16. The number of benzene rings is 1. The van der Waals surface area contributed by atoms with Crippen molar-refractivity contribution in [3.8, 4) is 0 Å². The second-order valence-corrected chi connectivity index (χ2v) is 6.77. The fourth-order valence-electron chi connectivity index (χ4n) is 3.17. The molecule has 0 bridgehead atoms. The number of rotatable bonds is 3. The molecule has 2 N–H and O–H groups in total. The standard InChI is InChI=1S/C18H19Cl2N3O2/c1-3-12-10(2)21-15-5-4-6-16(17(12)15)23-25-18(24)22-11-7-8-13(19)14(20)9-11/h7-9,21H,3-6H2,1-2H3,(H,22,24)/b23-16+. The highest BCUT2D eigenvalue weighted by Gasteiger charge is 2.23. The van der Waals surface area contributed by atoms with Crippen LogP contribution in [0.5, 0.6) is 0 Å². The molecule has 0 atom stereocenters. The number of hydrogen-bond donors (Lipinski definition) is 2. The number of nitrogens with zero attached hydrogens (tertiary/aromatic N) is 1. The number of carbonyl (C=O) groups excluding carboxylic acids is 1. The zero-order valence-electron chi connectivity index (χ0n) is 14.1. The van der Waals surface area contributed by atoms with Gasteiger partial charge in [-0.15, -0.1) is 0 Å². The fourth-order valence-corrected chi connectivity index (χ4v) is 3.47. The molecule has 0 unspecified atom stereocenters. The summed E-state index contributed by atoms with van der Waals surface area (Å²) in [5, 5.41) is 7.48. The topological polar surface area (TPSA) is 66.5 Å². The van der Waals surface area contributed by atoms with Crippen LogP contribution in [0.25, 0.3) is 0 Å². The molecule has 2 aromatic rings. The highest BCUT2D eigenvalue weighted by Crippen LogP contribution is 2.28. The third kappa shape index (κ3) is 3.83. The van der Waals surface area contributed by atoms with Crippen molar-refractivity contribution in [2.24, 2.45) is 5.16 Å². The summed E-state index contributed by atoms with van der Waals surface area (Å²) in [5.41, 5.74) is 5.98. The lowest BCUT2D eigenvalue weighted by atomic mass is 9.92. The van der Waals surface area contributed by atoms with Crippen LogP contribution in [0.2, 0.25) is 10.0 Å². The van der Waals surface area contributed by atoms with Crippen LogP contribution in [-0.2, 0) is 17.7 Å². The average Bonchev–Trinajstić information content (AvgIpc) is 2.92. The first-order valence-electron chi connectivity index (χ1n) is 8.20. The minimum absolute atomic E-state index is 0.359. The predicted molar refractivity (Wildman–Crippen MR) is 101 cm³/mol. The summed E-state index contributed by atoms with van der Waals surface area (Å²) < 4.78 is 0. The van der Waals surface area contributed by atoms with Gasteiger partial charge >= 0.3 is 6.09 Å². The molecule has 1 aliphatic carbocycles. The normalized spacial score (nSPS) is 15.1. The molecule has 1 aromatic carbocycles. The molecular formula is C18H19Cl2N3O2. The first-order valence-corrected chi connectivity index (χ1v) is 8.95. The minimum Gasteiger partial charge on any atom is -0.362 e. The quantitative estimate of drug-likeness (QED) is 0.547. The lowest BCUT2D eigenvalue weighted by Gasteiger charge is -2.15. The van der Waals surface area contributed by atoms with Crippen LogP contribution in [0.1, 0.15) is 42.3 Å². The second-order valence-electron chi connectivity index (χ2n) is 5.96. The van der Waals surface area contributed by atoms with E-state index in [1.165, 1.54) is 11.3 Å². The van der Waals surface area contributed by atoms with E-state index in [2.05, 4.69) is 29.3 Å². The van der Waals surface area contributed by atoms with Crippen molar-refractivity contribution in [3.05, 3.63) is 50.8 Å². The number of oxime groups is 1. The maximum absolute atomic E-state index is 12.0. The molecule has 3 rings (SSSR count). The summed E-state index contributed by atoms with van der Waals surface area (Å²) >= 11 is 11.8. The van der Waals surface area contributed by atoms with E-state index in [1.54, 1.807) is 18.2 Å². The van der Waals surface area contributed by atoms with Crippen molar-refractivity contribution in [3.63, 3.8) is 0 Å². The molecule has 132 valence electrons. The highest BCUT2D eigenvalue weighted by molar-refractivity contribution is 6.42. The highest BCUT2D eigenvalue weighted by atomic mass is 35.5. The maximum Gasteiger partial charge on any atom is 0.437 e. The summed E-state index contributed by atoms with van der Waals surface area (Å²) in [6.45, 7) is 4.17. The Morgan fingerprint density at radius 1 is 1.32 bits per heavy atom. The van der Waals surface area contributed by atoms with E-state index in [9.17, 15) is 4.79 Å². The molecule has 0 saturated carbocycles. The van der Waals surface area contributed by atoms with Crippen molar-refractivity contribution < 1.29 is 9.63 Å². The number of H-pyrrole nitrogens is 1. The largest absolute Gasteiger partial charge is 0.437 e. The van der Waals surface area contributed by atoms with Gasteiger partial charge < -0.3 is 4.98 Å². The van der Waals surface area contributed by atoms with E-state index in [-0.39, 0.29) is 0 Å². The van der Waals surface area contributed by atoms with Gasteiger partial charge in [-0.25, -0.2) is 4.79 Å². The third-order valence-corrected chi connectivity index (χ3v) is 5.02. The monoisotopic (exact) mass is 379 g/mol. The molecule has 25 heavy (non-hydrogen) atoms. The van der Waals surface area contributed by atoms with Gasteiger partial charge in [0, 0.05) is 22.6 Å². The zero-order valence-corrected chi connectivity index (χ0v) is 15.6. The van der Waals surface area contributed by atoms with Gasteiger partial charge in [0.15, 0.2) is 0 Å². The van der Waals surface area contributed by atoms with Gasteiger partial charge in [0.2, 0.25) is 0 Å². The van der Waals surface area contributed by atoms with Crippen molar-refractivity contribution in [2.45, 2.75) is 39.5 Å². The smallest absolute Gasteiger partial charge is 0.362 e. The predicted octanol–water partition coefficient (Wildman–Crippen LogP) is 5.48. The summed E-state index contributed by atoms with van der Waals surface area (Å²) in [6, 6.07) is 4.81. The molecule has 0 fully saturated rings. The fraction of sp³-hybridized carbons (Fsp3) is 0.333. The number of amides is 1. The van der Waals surface area contributed by atoms with E-state index in [4.69, 9.17) is 28.0 Å². The molecular weight excluding hydrogens is 361 g/mol. The second kappa shape index (κ2) is 7.50. The third-order valence-electron chi connectivity index (χ3n) is 4.28. The number of aromatic amines is 1. The van der Waals surface area contributed by atoms with Gasteiger partial charge in [0.1, 0.15) is 0 Å². The summed E-state index contributed by atoms with van der Waals surface area (Å²) in [7, 11) is 0. The molecule has 0 saturated heterocycles. The number of aromatic nitrogens is 1. The summed E-state index contributed by atoms with van der Waals surface area (Å²) in [5.74, 6) is 0. The van der Waals surface area contributed by atoms with E-state index in [1.807, 2.05) is 0 Å². The van der Waals surface area contributed by atoms with E-state index >= 15 is 0 Å². The Morgan fingerprint density at radius 2 is 2.12 bits per heavy atom. The number of nitrogens with one attached hydrogen (secondary N) is 2. The number of carbonyl (C=O) groups is 1. The minimum atomic E-state index is -0.664. The Balaban J connectivity index is 1.74. The van der Waals surface area contributed by atoms with Gasteiger partial charge in [-0.3, -0.25) is 10.2 Å². The summed E-state index contributed by atoms with van der Waals surface area (Å²) in [6.07, 6.45) is 3.00. The van der Waals surface area contributed by atoms with Crippen molar-refractivity contribution >= 4 is 40.7 Å². The molecule has 7 heteroatoms. The lowest BCUT2D eigenvalue weighted by molar-refractivity contribution is 0.166. The molecule has 1 heterocycles. The van der Waals surface area contributed by atoms with Gasteiger partial charge in [-0.2, -0.15) is 0 Å². The molecule has 1 aromatic heterocycles. The molecule has 0 aliphatic heterocycles. The number of hydrogen-bond acceptors (Lipinski definition) is 3. The summed E-state index contributed by atoms with van der Waals surface area (Å²) in [4.78, 5) is 20.5. The van der Waals surface area contributed by atoms with Crippen molar-refractivity contribution in [1.82, 2.24) is 4.98 Å². The zero-order chi connectivity index (χ0) is 18.0. The van der Waals surface area contributed by atoms with Crippen LogP contribution in [0.4, 0.5) is 10.5 Å². The van der Waals surface area contributed by atoms with Crippen LogP contribution in [0, 0.1) is 6.92 Å². The number of aryl methyl sites for hydroxylation is 2. The Bertz CT molecular complexity index is 843. The van der Waals surface area contributed by atoms with Gasteiger partial charge in [-0.1, -0.05) is 35.3 Å². The van der Waals surface area contributed by atoms with E-state index in [0.717, 1.165) is 42.7 Å². The molecule has 5 nitrogen and oxygen atoms in total. The Kier molecular flexibility index (Phi) is 5.35. The van der Waals surface area contributed by atoms with Gasteiger partial charge in [0.05, 0.1) is 15.8 Å². The van der Waals surface area contributed by atoms with Crippen LogP contribution in [0.3, 0.4) is 0 Å². The Hall–Kier alpha value is -1.98. The average molecular weight is 380 g/mol. The molecule has 1 aliphatic rings. The van der Waals surface area contributed by atoms with Crippen LogP contribution in [-0.4, -0.2) is 16.8 Å². The molecule has 1 amide bonds. The molecule has 0 radical (unpaired) electrons. The van der Waals surface area contributed by atoms with E-state index < -0.39 is 6.09 Å². The van der Waals surface area contributed by atoms with Crippen LogP contribution in [0.15, 0.2) is 23.4 Å². The van der Waals surface area contributed by atoms with E-state index in [0.29, 0.717) is 15.7 Å². The Morgan fingerprint density at radius 3 is 2.84 bits per heavy atom. The number of anilines is 1. The SMILES string of the molecule is CCc1c(C)[nH]c2c1/C(=N/OC(=O)Nc1ccc(Cl)c(Cl)c1)CCC2. The first kappa shape index (κ1) is 17.8. The van der Waals surface area contributed by atoms with Gasteiger partial charge in [0.25, 0.3) is 0 Å². The van der Waals surface area contributed by atoms with Crippen molar-refractivity contribution in [1.29, 1.82) is 0 Å².